The highest BCUT2D eigenvalue weighted by Crippen LogP contribution is 2.24. The van der Waals surface area contributed by atoms with E-state index in [1.165, 1.54) is 16.6 Å². The largest absolute Gasteiger partial charge is 0.298 e. The van der Waals surface area contributed by atoms with E-state index in [1.54, 1.807) is 12.1 Å². The van der Waals surface area contributed by atoms with E-state index in [-0.39, 0.29) is 23.3 Å². The smallest absolute Gasteiger partial charge is 0.260 e. The Morgan fingerprint density at radius 2 is 2.05 bits per heavy atom. The quantitative estimate of drug-likeness (QED) is 0.833. The third kappa shape index (κ3) is 3.07. The summed E-state index contributed by atoms with van der Waals surface area (Å²) in [4.78, 5) is 16.0. The highest BCUT2D eigenvalue weighted by Gasteiger charge is 2.32. The summed E-state index contributed by atoms with van der Waals surface area (Å²) in [6, 6.07) is 4.77. The standard InChI is InChI=1S/C14H20N2O3S/c1-11-6-5-9-16(10-13(17)12(11)2)20(18,19)14-7-3-4-8-15-14/h3-4,7-8,11-12H,5-6,9-10H2,1-2H3. The van der Waals surface area contributed by atoms with Crippen molar-refractivity contribution < 1.29 is 13.2 Å². The summed E-state index contributed by atoms with van der Waals surface area (Å²) in [6.45, 7) is 4.25. The van der Waals surface area contributed by atoms with E-state index in [1.807, 2.05) is 13.8 Å². The van der Waals surface area contributed by atoms with Gasteiger partial charge >= 0.3 is 0 Å². The second kappa shape index (κ2) is 6.01. The number of Topliss-reactive ketones (excluding diaryl/α,β-unsaturated/α-hetero) is 1. The van der Waals surface area contributed by atoms with Crippen LogP contribution in [0, 0.1) is 11.8 Å². The van der Waals surface area contributed by atoms with Gasteiger partial charge in [-0.15, -0.1) is 0 Å². The minimum Gasteiger partial charge on any atom is -0.298 e. The van der Waals surface area contributed by atoms with Crippen LogP contribution in [0.2, 0.25) is 0 Å². The highest BCUT2D eigenvalue weighted by atomic mass is 32.2. The molecule has 0 N–H and O–H groups in total. The monoisotopic (exact) mass is 296 g/mol. The lowest BCUT2D eigenvalue weighted by Gasteiger charge is -2.28. The van der Waals surface area contributed by atoms with Gasteiger partial charge in [0.2, 0.25) is 0 Å². The molecular weight excluding hydrogens is 276 g/mol. The Balaban J connectivity index is 2.26. The van der Waals surface area contributed by atoms with Crippen molar-refractivity contribution >= 4 is 15.8 Å². The number of hydrogen-bond donors (Lipinski definition) is 0. The molecule has 2 heterocycles. The molecule has 1 aromatic heterocycles. The number of carbonyl (C=O) groups is 1. The summed E-state index contributed by atoms with van der Waals surface area (Å²) in [6.07, 6.45) is 3.08. The van der Waals surface area contributed by atoms with Gasteiger partial charge in [-0.3, -0.25) is 4.79 Å². The fraction of sp³-hybridized carbons (Fsp3) is 0.571. The van der Waals surface area contributed by atoms with Crippen LogP contribution in [-0.4, -0.2) is 36.6 Å². The molecule has 0 bridgehead atoms. The lowest BCUT2D eigenvalue weighted by atomic mass is 9.87. The minimum atomic E-state index is -3.67. The van der Waals surface area contributed by atoms with E-state index in [4.69, 9.17) is 0 Å². The summed E-state index contributed by atoms with van der Waals surface area (Å²) >= 11 is 0. The molecule has 0 saturated carbocycles. The van der Waals surface area contributed by atoms with E-state index >= 15 is 0 Å². The molecule has 0 amide bonds. The first kappa shape index (κ1) is 15.1. The average Bonchev–Trinajstić information content (AvgIpc) is 2.44. The van der Waals surface area contributed by atoms with Crippen molar-refractivity contribution in [2.75, 3.05) is 13.1 Å². The van der Waals surface area contributed by atoms with Crippen molar-refractivity contribution in [1.82, 2.24) is 9.29 Å². The number of nitrogens with zero attached hydrogens (tertiary/aromatic N) is 2. The highest BCUT2D eigenvalue weighted by molar-refractivity contribution is 7.89. The Kier molecular flexibility index (Phi) is 4.55. The van der Waals surface area contributed by atoms with Crippen molar-refractivity contribution in [2.24, 2.45) is 11.8 Å². The van der Waals surface area contributed by atoms with Crippen molar-refractivity contribution in [3.05, 3.63) is 24.4 Å². The molecule has 20 heavy (non-hydrogen) atoms. The maximum Gasteiger partial charge on any atom is 0.260 e. The summed E-state index contributed by atoms with van der Waals surface area (Å²) < 4.78 is 26.3. The number of carbonyl (C=O) groups excluding carboxylic acids is 1. The molecule has 1 aliphatic heterocycles. The summed E-state index contributed by atoms with van der Waals surface area (Å²) in [5.41, 5.74) is 0. The van der Waals surface area contributed by atoms with Crippen LogP contribution in [-0.2, 0) is 14.8 Å². The summed E-state index contributed by atoms with van der Waals surface area (Å²) in [5, 5.41) is 0.00840. The van der Waals surface area contributed by atoms with E-state index in [9.17, 15) is 13.2 Å². The molecule has 2 atom stereocenters. The maximum absolute atomic E-state index is 12.5. The predicted molar refractivity (Wildman–Crippen MR) is 75.6 cm³/mol. The van der Waals surface area contributed by atoms with Crippen LogP contribution in [0.1, 0.15) is 26.7 Å². The number of aromatic nitrogens is 1. The van der Waals surface area contributed by atoms with Gasteiger partial charge in [-0.25, -0.2) is 13.4 Å². The molecule has 0 aromatic carbocycles. The predicted octanol–water partition coefficient (Wildman–Crippen LogP) is 1.71. The molecular formula is C14H20N2O3S. The van der Waals surface area contributed by atoms with Gasteiger partial charge in [-0.05, 0) is 30.9 Å². The van der Waals surface area contributed by atoms with Gasteiger partial charge in [0.1, 0.15) is 0 Å². The zero-order chi connectivity index (χ0) is 14.8. The fourth-order valence-electron chi connectivity index (χ4n) is 2.39. The second-order valence-corrected chi connectivity index (χ2v) is 7.27. The molecule has 1 saturated heterocycles. The Hall–Kier alpha value is -1.27. The molecule has 5 nitrogen and oxygen atoms in total. The molecule has 1 fully saturated rings. The van der Waals surface area contributed by atoms with E-state index in [0.29, 0.717) is 12.5 Å². The Labute approximate surface area is 120 Å². The van der Waals surface area contributed by atoms with E-state index in [2.05, 4.69) is 4.98 Å². The maximum atomic E-state index is 12.5. The van der Waals surface area contributed by atoms with Crippen molar-refractivity contribution in [1.29, 1.82) is 0 Å². The third-order valence-electron chi connectivity index (χ3n) is 4.00. The molecule has 6 heteroatoms. The molecule has 2 unspecified atom stereocenters. The summed E-state index contributed by atoms with van der Waals surface area (Å²) in [7, 11) is -3.67. The Morgan fingerprint density at radius 3 is 2.70 bits per heavy atom. The van der Waals surface area contributed by atoms with E-state index < -0.39 is 10.0 Å². The van der Waals surface area contributed by atoms with Gasteiger partial charge in [0, 0.05) is 18.7 Å². The molecule has 0 aliphatic carbocycles. The topological polar surface area (TPSA) is 67.3 Å². The van der Waals surface area contributed by atoms with Crippen LogP contribution in [0.4, 0.5) is 0 Å². The van der Waals surface area contributed by atoms with Crippen LogP contribution in [0.3, 0.4) is 0 Å². The van der Waals surface area contributed by atoms with Crippen LogP contribution in [0.5, 0.6) is 0 Å². The van der Waals surface area contributed by atoms with Gasteiger partial charge in [-0.2, -0.15) is 4.31 Å². The third-order valence-corrected chi connectivity index (χ3v) is 5.76. The number of sulfonamides is 1. The number of ketones is 1. The molecule has 110 valence electrons. The van der Waals surface area contributed by atoms with Crippen molar-refractivity contribution in [3.8, 4) is 0 Å². The second-order valence-electron chi connectivity index (χ2n) is 5.38. The molecule has 1 aromatic rings. The average molecular weight is 296 g/mol. The Bertz CT molecular complexity index is 571. The van der Waals surface area contributed by atoms with Crippen molar-refractivity contribution in [2.45, 2.75) is 31.7 Å². The first-order valence-electron chi connectivity index (χ1n) is 6.87. The van der Waals surface area contributed by atoms with Crippen LogP contribution in [0.25, 0.3) is 0 Å². The van der Waals surface area contributed by atoms with Gasteiger partial charge in [0.25, 0.3) is 10.0 Å². The van der Waals surface area contributed by atoms with Crippen LogP contribution in [0.15, 0.2) is 29.4 Å². The number of hydrogen-bond acceptors (Lipinski definition) is 4. The molecule has 0 spiro atoms. The SMILES string of the molecule is CC1CCCN(S(=O)(=O)c2ccccn2)CC(=O)C1C. The van der Waals surface area contributed by atoms with Crippen LogP contribution >= 0.6 is 0 Å². The lowest BCUT2D eigenvalue weighted by Crippen LogP contribution is -2.41. The zero-order valence-electron chi connectivity index (χ0n) is 11.8. The minimum absolute atomic E-state index is 0.00840. The van der Waals surface area contributed by atoms with Gasteiger partial charge in [-0.1, -0.05) is 19.9 Å². The van der Waals surface area contributed by atoms with Gasteiger partial charge in [0.05, 0.1) is 6.54 Å². The van der Waals surface area contributed by atoms with Gasteiger partial charge in [0.15, 0.2) is 10.8 Å². The molecule has 1 aliphatic rings. The zero-order valence-corrected chi connectivity index (χ0v) is 12.6. The molecule has 0 radical (unpaired) electrons. The summed E-state index contributed by atoms with van der Waals surface area (Å²) in [5.74, 6) is 0.190. The lowest BCUT2D eigenvalue weighted by molar-refractivity contribution is -0.124. The first-order chi connectivity index (χ1) is 9.43. The van der Waals surface area contributed by atoms with Crippen LogP contribution < -0.4 is 0 Å². The number of rotatable bonds is 2. The van der Waals surface area contributed by atoms with Gasteiger partial charge < -0.3 is 0 Å². The number of pyridine rings is 1. The molecule has 2 rings (SSSR count). The first-order valence-corrected chi connectivity index (χ1v) is 8.31. The Morgan fingerprint density at radius 1 is 1.30 bits per heavy atom. The normalized spacial score (nSPS) is 26.0. The van der Waals surface area contributed by atoms with E-state index in [0.717, 1.165) is 12.8 Å². The fourth-order valence-corrected chi connectivity index (χ4v) is 3.77. The van der Waals surface area contributed by atoms with Crippen molar-refractivity contribution in [3.63, 3.8) is 0 Å².